The van der Waals surface area contributed by atoms with Gasteiger partial charge in [0, 0.05) is 6.07 Å². The Morgan fingerprint density at radius 1 is 1.11 bits per heavy atom. The lowest BCUT2D eigenvalue weighted by molar-refractivity contribution is 0.307. The Morgan fingerprint density at radius 3 is 2.33 bits per heavy atom. The molecular weight excluding hydrogens is 220 g/mol. The van der Waals surface area contributed by atoms with Gasteiger partial charge in [-0.3, -0.25) is 0 Å². The van der Waals surface area contributed by atoms with Crippen molar-refractivity contribution < 1.29 is 4.74 Å². The van der Waals surface area contributed by atoms with E-state index in [1.165, 1.54) is 24.0 Å². The highest BCUT2D eigenvalue weighted by molar-refractivity contribution is 5.45. The van der Waals surface area contributed by atoms with Crippen molar-refractivity contribution in [2.24, 2.45) is 0 Å². The predicted molar refractivity (Wildman–Crippen MR) is 76.4 cm³/mol. The SMILES string of the molecule is CCCOc1[c]cc2c(c1)C(C)(C)CCC2(C)C. The second kappa shape index (κ2) is 4.60. The second-order valence-electron chi connectivity index (χ2n) is 6.74. The number of hydrogen-bond acceptors (Lipinski definition) is 1. The molecule has 0 atom stereocenters. The van der Waals surface area contributed by atoms with E-state index in [9.17, 15) is 0 Å². The maximum atomic E-state index is 5.73. The van der Waals surface area contributed by atoms with Crippen LogP contribution in [0.3, 0.4) is 0 Å². The van der Waals surface area contributed by atoms with E-state index in [2.05, 4.69) is 52.8 Å². The number of rotatable bonds is 3. The maximum Gasteiger partial charge on any atom is 0.127 e. The summed E-state index contributed by atoms with van der Waals surface area (Å²) in [6, 6.07) is 7.67. The number of ether oxygens (including phenoxy) is 1. The van der Waals surface area contributed by atoms with Crippen LogP contribution in [-0.2, 0) is 10.8 Å². The first-order valence-corrected chi connectivity index (χ1v) is 7.06. The predicted octanol–water partition coefficient (Wildman–Crippen LogP) is 4.62. The molecule has 0 heterocycles. The lowest BCUT2D eigenvalue weighted by Crippen LogP contribution is -2.33. The van der Waals surface area contributed by atoms with E-state index in [1.807, 2.05) is 0 Å². The van der Waals surface area contributed by atoms with Gasteiger partial charge in [-0.1, -0.05) is 34.6 Å². The third kappa shape index (κ3) is 2.41. The van der Waals surface area contributed by atoms with Gasteiger partial charge in [-0.05, 0) is 53.4 Å². The highest BCUT2D eigenvalue weighted by atomic mass is 16.5. The molecule has 18 heavy (non-hydrogen) atoms. The Bertz CT molecular complexity index is 429. The lowest BCUT2D eigenvalue weighted by atomic mass is 9.63. The largest absolute Gasteiger partial charge is 0.493 e. The first-order valence-electron chi connectivity index (χ1n) is 7.06. The quantitative estimate of drug-likeness (QED) is 0.754. The lowest BCUT2D eigenvalue weighted by Gasteiger charge is -2.41. The Labute approximate surface area is 112 Å². The Kier molecular flexibility index (Phi) is 3.44. The molecule has 0 bridgehead atoms. The average molecular weight is 245 g/mol. The van der Waals surface area contributed by atoms with Gasteiger partial charge in [0.15, 0.2) is 0 Å². The van der Waals surface area contributed by atoms with Crippen LogP contribution < -0.4 is 4.74 Å². The van der Waals surface area contributed by atoms with Crippen molar-refractivity contribution in [1.29, 1.82) is 0 Å². The fraction of sp³-hybridized carbons (Fsp3) is 0.647. The molecule has 1 heteroatoms. The van der Waals surface area contributed by atoms with Crippen molar-refractivity contribution in [1.82, 2.24) is 0 Å². The van der Waals surface area contributed by atoms with Gasteiger partial charge in [-0.15, -0.1) is 0 Å². The first kappa shape index (κ1) is 13.5. The number of benzene rings is 1. The second-order valence-corrected chi connectivity index (χ2v) is 6.74. The zero-order valence-corrected chi connectivity index (χ0v) is 12.4. The van der Waals surface area contributed by atoms with E-state index in [4.69, 9.17) is 4.74 Å². The summed E-state index contributed by atoms with van der Waals surface area (Å²) in [5.41, 5.74) is 3.42. The third-order valence-corrected chi connectivity index (χ3v) is 4.22. The van der Waals surface area contributed by atoms with E-state index < -0.39 is 0 Å². The van der Waals surface area contributed by atoms with Gasteiger partial charge in [0.25, 0.3) is 0 Å². The van der Waals surface area contributed by atoms with Crippen molar-refractivity contribution in [3.05, 3.63) is 29.3 Å². The van der Waals surface area contributed by atoms with E-state index in [0.29, 0.717) is 0 Å². The van der Waals surface area contributed by atoms with Crippen molar-refractivity contribution in [3.63, 3.8) is 0 Å². The molecule has 0 aromatic heterocycles. The van der Waals surface area contributed by atoms with Crippen molar-refractivity contribution in [2.75, 3.05) is 6.61 Å². The molecule has 0 spiro atoms. The van der Waals surface area contributed by atoms with Crippen molar-refractivity contribution >= 4 is 0 Å². The molecule has 1 nitrogen and oxygen atoms in total. The molecule has 0 aliphatic heterocycles. The fourth-order valence-electron chi connectivity index (χ4n) is 2.78. The molecule has 1 aliphatic carbocycles. The minimum atomic E-state index is 0.254. The van der Waals surface area contributed by atoms with Gasteiger partial charge in [-0.2, -0.15) is 0 Å². The van der Waals surface area contributed by atoms with Crippen LogP contribution in [0.4, 0.5) is 0 Å². The summed E-state index contributed by atoms with van der Waals surface area (Å²) < 4.78 is 5.73. The Hall–Kier alpha value is -0.980. The zero-order chi connectivity index (χ0) is 13.4. The first-order chi connectivity index (χ1) is 8.37. The van der Waals surface area contributed by atoms with Crippen LogP contribution in [0.25, 0.3) is 0 Å². The third-order valence-electron chi connectivity index (χ3n) is 4.22. The summed E-state index contributed by atoms with van der Waals surface area (Å²) in [5, 5.41) is 0. The van der Waals surface area contributed by atoms with Crippen LogP contribution in [0.2, 0.25) is 0 Å². The average Bonchev–Trinajstić information content (AvgIpc) is 2.32. The molecule has 1 radical (unpaired) electrons. The molecule has 1 aromatic carbocycles. The summed E-state index contributed by atoms with van der Waals surface area (Å²) in [5.74, 6) is 0.904. The van der Waals surface area contributed by atoms with Gasteiger partial charge >= 0.3 is 0 Å². The molecule has 0 amide bonds. The van der Waals surface area contributed by atoms with Gasteiger partial charge in [-0.25, -0.2) is 0 Å². The van der Waals surface area contributed by atoms with Crippen LogP contribution >= 0.6 is 0 Å². The van der Waals surface area contributed by atoms with Gasteiger partial charge < -0.3 is 4.74 Å². The Morgan fingerprint density at radius 2 is 1.72 bits per heavy atom. The molecular formula is C17H25O. The fourth-order valence-corrected chi connectivity index (χ4v) is 2.78. The normalized spacial score (nSPS) is 20.3. The molecule has 0 fully saturated rings. The van der Waals surface area contributed by atoms with E-state index >= 15 is 0 Å². The van der Waals surface area contributed by atoms with E-state index in [-0.39, 0.29) is 10.8 Å². The standard InChI is InChI=1S/C17H25O/c1-6-11-18-13-7-8-14-15(12-13)17(4,5)10-9-16(14,2)3/h8,12H,6,9-11H2,1-5H3. The molecule has 99 valence electrons. The molecule has 2 rings (SSSR count). The number of hydrogen-bond donors (Lipinski definition) is 0. The van der Waals surface area contributed by atoms with Crippen molar-refractivity contribution in [3.8, 4) is 5.75 Å². The number of fused-ring (bicyclic) bond motifs is 1. The summed E-state index contributed by atoms with van der Waals surface area (Å²) in [6.07, 6.45) is 3.53. The Balaban J connectivity index is 2.42. The highest BCUT2D eigenvalue weighted by Crippen LogP contribution is 2.46. The van der Waals surface area contributed by atoms with Crippen LogP contribution in [0.15, 0.2) is 12.1 Å². The van der Waals surface area contributed by atoms with Crippen LogP contribution in [-0.4, -0.2) is 6.61 Å². The van der Waals surface area contributed by atoms with E-state index in [0.717, 1.165) is 18.8 Å². The zero-order valence-electron chi connectivity index (χ0n) is 12.4. The summed E-state index contributed by atoms with van der Waals surface area (Å²) in [7, 11) is 0. The molecule has 0 unspecified atom stereocenters. The summed E-state index contributed by atoms with van der Waals surface area (Å²) >= 11 is 0. The van der Waals surface area contributed by atoms with Crippen molar-refractivity contribution in [2.45, 2.75) is 64.7 Å². The molecule has 0 saturated carbocycles. The topological polar surface area (TPSA) is 9.23 Å². The summed E-state index contributed by atoms with van der Waals surface area (Å²) in [6.45, 7) is 12.3. The minimum absolute atomic E-state index is 0.254. The monoisotopic (exact) mass is 245 g/mol. The van der Waals surface area contributed by atoms with Gasteiger partial charge in [0.05, 0.1) is 6.61 Å². The maximum absolute atomic E-state index is 5.73. The van der Waals surface area contributed by atoms with Crippen LogP contribution in [0.5, 0.6) is 5.75 Å². The smallest absolute Gasteiger partial charge is 0.127 e. The molecule has 1 aliphatic rings. The van der Waals surface area contributed by atoms with Gasteiger partial charge in [0.1, 0.15) is 5.75 Å². The molecule has 1 aromatic rings. The molecule has 0 saturated heterocycles. The summed E-state index contributed by atoms with van der Waals surface area (Å²) in [4.78, 5) is 0. The van der Waals surface area contributed by atoms with Crippen LogP contribution in [0, 0.1) is 6.07 Å². The van der Waals surface area contributed by atoms with Gasteiger partial charge in [0.2, 0.25) is 0 Å². The highest BCUT2D eigenvalue weighted by Gasteiger charge is 2.37. The van der Waals surface area contributed by atoms with Crippen LogP contribution in [0.1, 0.15) is 65.0 Å². The van der Waals surface area contributed by atoms with E-state index in [1.54, 1.807) is 0 Å². The molecule has 0 N–H and O–H groups in total. The minimum Gasteiger partial charge on any atom is -0.493 e.